The number of hydrogen-bond acceptors (Lipinski definition) is 3. The minimum absolute atomic E-state index is 0.0344. The van der Waals surface area contributed by atoms with Crippen LogP contribution in [0.5, 0.6) is 5.75 Å². The SMILES string of the molecule is NCc1ccc(COc2ccc(CO)cc2)c(Cl)c1. The van der Waals surface area contributed by atoms with Gasteiger partial charge in [-0.3, -0.25) is 0 Å². The van der Waals surface area contributed by atoms with Crippen LogP contribution in [0, 0.1) is 0 Å². The van der Waals surface area contributed by atoms with Gasteiger partial charge >= 0.3 is 0 Å². The molecule has 0 aliphatic carbocycles. The second-order valence-electron chi connectivity index (χ2n) is 4.22. The molecule has 0 saturated heterocycles. The normalized spacial score (nSPS) is 10.5. The van der Waals surface area contributed by atoms with Crippen molar-refractivity contribution in [1.29, 1.82) is 0 Å². The standard InChI is InChI=1S/C15H16ClNO2/c16-15-7-12(8-17)1-4-13(15)10-19-14-5-2-11(9-18)3-6-14/h1-7,18H,8-10,17H2. The first-order valence-corrected chi connectivity index (χ1v) is 6.40. The maximum Gasteiger partial charge on any atom is 0.119 e. The summed E-state index contributed by atoms with van der Waals surface area (Å²) in [5, 5.41) is 9.62. The number of halogens is 1. The predicted molar refractivity (Wildman–Crippen MR) is 76.0 cm³/mol. The molecule has 0 atom stereocenters. The summed E-state index contributed by atoms with van der Waals surface area (Å²) >= 11 is 6.15. The Morgan fingerprint density at radius 3 is 2.32 bits per heavy atom. The molecule has 2 rings (SSSR count). The van der Waals surface area contributed by atoms with Gasteiger partial charge in [0.2, 0.25) is 0 Å². The van der Waals surface area contributed by atoms with E-state index in [1.165, 1.54) is 0 Å². The summed E-state index contributed by atoms with van der Waals surface area (Å²) in [5.41, 5.74) is 8.33. The highest BCUT2D eigenvalue weighted by Crippen LogP contribution is 2.20. The third kappa shape index (κ3) is 3.70. The van der Waals surface area contributed by atoms with Gasteiger partial charge in [0.25, 0.3) is 0 Å². The van der Waals surface area contributed by atoms with Gasteiger partial charge in [0.05, 0.1) is 6.61 Å². The fraction of sp³-hybridized carbons (Fsp3) is 0.200. The minimum Gasteiger partial charge on any atom is -0.489 e. The van der Waals surface area contributed by atoms with Gasteiger partial charge < -0.3 is 15.6 Å². The molecule has 4 heteroatoms. The van der Waals surface area contributed by atoms with Crippen LogP contribution >= 0.6 is 11.6 Å². The van der Waals surface area contributed by atoms with Crippen molar-refractivity contribution in [3.05, 3.63) is 64.2 Å². The highest BCUT2D eigenvalue weighted by molar-refractivity contribution is 6.31. The molecular formula is C15H16ClNO2. The minimum atomic E-state index is 0.0344. The Morgan fingerprint density at radius 2 is 1.74 bits per heavy atom. The van der Waals surface area contributed by atoms with Crippen LogP contribution in [0.15, 0.2) is 42.5 Å². The van der Waals surface area contributed by atoms with E-state index in [2.05, 4.69) is 0 Å². The lowest BCUT2D eigenvalue weighted by Gasteiger charge is -2.09. The molecule has 2 aromatic carbocycles. The third-order valence-corrected chi connectivity index (χ3v) is 3.21. The fourth-order valence-electron chi connectivity index (χ4n) is 1.69. The Hall–Kier alpha value is -1.55. The van der Waals surface area contributed by atoms with Crippen LogP contribution in [0.25, 0.3) is 0 Å². The molecule has 0 aliphatic heterocycles. The summed E-state index contributed by atoms with van der Waals surface area (Å²) in [5.74, 6) is 0.746. The average molecular weight is 278 g/mol. The van der Waals surface area contributed by atoms with E-state index >= 15 is 0 Å². The Balaban J connectivity index is 2.01. The van der Waals surface area contributed by atoms with Gasteiger partial charge in [0, 0.05) is 17.1 Å². The quantitative estimate of drug-likeness (QED) is 0.884. The molecule has 0 unspecified atom stereocenters. The largest absolute Gasteiger partial charge is 0.489 e. The highest BCUT2D eigenvalue weighted by atomic mass is 35.5. The van der Waals surface area contributed by atoms with Crippen LogP contribution in [-0.2, 0) is 19.8 Å². The molecule has 0 bridgehead atoms. The third-order valence-electron chi connectivity index (χ3n) is 2.85. The van der Waals surface area contributed by atoms with Crippen molar-refractivity contribution in [3.8, 4) is 5.75 Å². The molecule has 2 aromatic rings. The zero-order valence-electron chi connectivity index (χ0n) is 10.5. The lowest BCUT2D eigenvalue weighted by Crippen LogP contribution is -2.00. The van der Waals surface area contributed by atoms with Crippen LogP contribution in [0.2, 0.25) is 5.02 Å². The number of ether oxygens (including phenoxy) is 1. The summed E-state index contributed by atoms with van der Waals surface area (Å²) < 4.78 is 5.65. The molecule has 0 fully saturated rings. The van der Waals surface area contributed by atoms with E-state index in [4.69, 9.17) is 27.2 Å². The summed E-state index contributed by atoms with van der Waals surface area (Å²) in [6.07, 6.45) is 0. The summed E-state index contributed by atoms with van der Waals surface area (Å²) in [4.78, 5) is 0. The van der Waals surface area contributed by atoms with Crippen LogP contribution in [0.4, 0.5) is 0 Å². The maximum atomic E-state index is 8.95. The van der Waals surface area contributed by atoms with E-state index in [0.29, 0.717) is 18.2 Å². The van der Waals surface area contributed by atoms with Crippen LogP contribution < -0.4 is 10.5 Å². The van der Waals surface area contributed by atoms with E-state index in [1.54, 1.807) is 0 Å². The number of nitrogens with two attached hydrogens (primary N) is 1. The van der Waals surface area contributed by atoms with E-state index in [0.717, 1.165) is 22.4 Å². The molecular weight excluding hydrogens is 262 g/mol. The van der Waals surface area contributed by atoms with Crippen molar-refractivity contribution in [1.82, 2.24) is 0 Å². The van der Waals surface area contributed by atoms with E-state index in [9.17, 15) is 0 Å². The van der Waals surface area contributed by atoms with Crippen molar-refractivity contribution < 1.29 is 9.84 Å². The molecule has 0 heterocycles. The average Bonchev–Trinajstić information content (AvgIpc) is 2.46. The number of rotatable bonds is 5. The lowest BCUT2D eigenvalue weighted by molar-refractivity contribution is 0.280. The second-order valence-corrected chi connectivity index (χ2v) is 4.63. The van der Waals surface area contributed by atoms with Gasteiger partial charge in [0.15, 0.2) is 0 Å². The Labute approximate surface area is 117 Å². The zero-order valence-corrected chi connectivity index (χ0v) is 11.2. The molecule has 0 radical (unpaired) electrons. The van der Waals surface area contributed by atoms with E-state index in [1.807, 2.05) is 42.5 Å². The van der Waals surface area contributed by atoms with E-state index < -0.39 is 0 Å². The van der Waals surface area contributed by atoms with Gasteiger partial charge in [-0.05, 0) is 29.3 Å². The fourth-order valence-corrected chi connectivity index (χ4v) is 1.94. The molecule has 3 N–H and O–H groups in total. The van der Waals surface area contributed by atoms with Crippen LogP contribution in [0.3, 0.4) is 0 Å². The van der Waals surface area contributed by atoms with Gasteiger partial charge in [-0.1, -0.05) is 35.9 Å². The predicted octanol–water partition coefficient (Wildman–Crippen LogP) is 2.87. The molecule has 0 saturated carbocycles. The maximum absolute atomic E-state index is 8.95. The Morgan fingerprint density at radius 1 is 1.05 bits per heavy atom. The number of benzene rings is 2. The Kier molecular flexibility index (Phi) is 4.80. The van der Waals surface area contributed by atoms with Crippen molar-refractivity contribution in [2.75, 3.05) is 0 Å². The number of hydrogen-bond donors (Lipinski definition) is 2. The molecule has 3 nitrogen and oxygen atoms in total. The van der Waals surface area contributed by atoms with Crippen molar-refractivity contribution in [2.45, 2.75) is 19.8 Å². The number of aliphatic hydroxyl groups is 1. The smallest absolute Gasteiger partial charge is 0.119 e. The topological polar surface area (TPSA) is 55.5 Å². The molecule has 0 spiro atoms. The molecule has 100 valence electrons. The monoisotopic (exact) mass is 277 g/mol. The van der Waals surface area contributed by atoms with Crippen LogP contribution in [0.1, 0.15) is 16.7 Å². The van der Waals surface area contributed by atoms with Crippen molar-refractivity contribution in [2.24, 2.45) is 5.73 Å². The van der Waals surface area contributed by atoms with Gasteiger partial charge in [-0.2, -0.15) is 0 Å². The number of aliphatic hydroxyl groups excluding tert-OH is 1. The summed E-state index contributed by atoms with van der Waals surface area (Å²) in [7, 11) is 0. The van der Waals surface area contributed by atoms with Crippen LogP contribution in [-0.4, -0.2) is 5.11 Å². The van der Waals surface area contributed by atoms with Crippen molar-refractivity contribution in [3.63, 3.8) is 0 Å². The van der Waals surface area contributed by atoms with Gasteiger partial charge in [0.1, 0.15) is 12.4 Å². The van der Waals surface area contributed by atoms with Gasteiger partial charge in [-0.25, -0.2) is 0 Å². The molecule has 0 aromatic heterocycles. The molecule has 0 aliphatic rings. The van der Waals surface area contributed by atoms with Gasteiger partial charge in [-0.15, -0.1) is 0 Å². The first-order chi connectivity index (χ1) is 9.22. The summed E-state index contributed by atoms with van der Waals surface area (Å²) in [6.45, 7) is 0.915. The van der Waals surface area contributed by atoms with Crippen molar-refractivity contribution >= 4 is 11.6 Å². The first kappa shape index (κ1) is 13.9. The zero-order chi connectivity index (χ0) is 13.7. The highest BCUT2D eigenvalue weighted by Gasteiger charge is 2.03. The Bertz CT molecular complexity index is 540. The summed E-state index contributed by atoms with van der Waals surface area (Å²) in [6, 6.07) is 13.0. The molecule has 19 heavy (non-hydrogen) atoms. The molecule has 0 amide bonds. The first-order valence-electron chi connectivity index (χ1n) is 6.03. The second kappa shape index (κ2) is 6.57. The van der Waals surface area contributed by atoms with E-state index in [-0.39, 0.29) is 6.61 Å². The lowest BCUT2D eigenvalue weighted by atomic mass is 10.1.